The first-order chi connectivity index (χ1) is 12.0. The van der Waals surface area contributed by atoms with E-state index in [9.17, 15) is 8.42 Å². The Bertz CT molecular complexity index is 846. The molecular formula is C18H23N3O3S. The van der Waals surface area contributed by atoms with Crippen LogP contribution < -0.4 is 5.73 Å². The first-order valence-corrected chi connectivity index (χ1v) is 10.5. The van der Waals surface area contributed by atoms with Gasteiger partial charge in [0.05, 0.1) is 15.7 Å². The van der Waals surface area contributed by atoms with E-state index < -0.39 is 15.4 Å². The zero-order valence-electron chi connectivity index (χ0n) is 14.1. The van der Waals surface area contributed by atoms with Crippen LogP contribution in [0.25, 0.3) is 11.5 Å². The molecule has 0 amide bonds. The summed E-state index contributed by atoms with van der Waals surface area (Å²) < 4.78 is 30.6. The highest BCUT2D eigenvalue weighted by atomic mass is 32.2. The number of aromatic nitrogens is 2. The lowest BCUT2D eigenvalue weighted by atomic mass is 9.99. The maximum atomic E-state index is 12.6. The molecule has 0 bridgehead atoms. The van der Waals surface area contributed by atoms with Gasteiger partial charge in [0.25, 0.3) is 5.89 Å². The molecule has 2 aliphatic rings. The van der Waals surface area contributed by atoms with Crippen LogP contribution in [-0.2, 0) is 15.4 Å². The van der Waals surface area contributed by atoms with Gasteiger partial charge in [0.2, 0.25) is 0 Å². The van der Waals surface area contributed by atoms with Crippen LogP contribution in [0.1, 0.15) is 57.2 Å². The molecular weight excluding hydrogens is 338 g/mol. The lowest BCUT2D eigenvalue weighted by Crippen LogP contribution is -2.34. The van der Waals surface area contributed by atoms with Crippen LogP contribution in [0.3, 0.4) is 0 Å². The molecule has 2 fully saturated rings. The summed E-state index contributed by atoms with van der Waals surface area (Å²) in [6.45, 7) is 0. The van der Waals surface area contributed by atoms with Gasteiger partial charge in [-0.05, 0) is 49.9 Å². The topological polar surface area (TPSA) is 99.1 Å². The molecule has 0 spiro atoms. The van der Waals surface area contributed by atoms with Gasteiger partial charge in [0.15, 0.2) is 15.7 Å². The molecule has 0 atom stereocenters. The molecule has 2 aromatic rings. The number of hydrogen-bond acceptors (Lipinski definition) is 6. The van der Waals surface area contributed by atoms with Crippen LogP contribution in [0.5, 0.6) is 0 Å². The maximum Gasteiger partial charge on any atom is 0.257 e. The number of benzene rings is 1. The van der Waals surface area contributed by atoms with Crippen molar-refractivity contribution in [2.24, 2.45) is 5.73 Å². The van der Waals surface area contributed by atoms with Crippen LogP contribution in [0.2, 0.25) is 0 Å². The summed E-state index contributed by atoms with van der Waals surface area (Å²) in [4.78, 5) is 4.82. The fraction of sp³-hybridized carbons (Fsp3) is 0.556. The number of rotatable bonds is 4. The van der Waals surface area contributed by atoms with E-state index >= 15 is 0 Å². The Morgan fingerprint density at radius 1 is 1.04 bits per heavy atom. The second kappa shape index (κ2) is 6.21. The van der Waals surface area contributed by atoms with Crippen LogP contribution in [-0.4, -0.2) is 23.8 Å². The molecule has 7 heteroatoms. The third-order valence-corrected chi connectivity index (χ3v) is 7.82. The average molecular weight is 361 g/mol. The summed E-state index contributed by atoms with van der Waals surface area (Å²) in [6, 6.07) is 6.75. The minimum absolute atomic E-state index is 0.243. The van der Waals surface area contributed by atoms with Gasteiger partial charge in [-0.2, -0.15) is 4.98 Å². The lowest BCUT2D eigenvalue weighted by molar-refractivity contribution is 0.372. The second-order valence-electron chi connectivity index (χ2n) is 7.26. The van der Waals surface area contributed by atoms with Crippen molar-refractivity contribution in [2.45, 2.75) is 67.1 Å². The summed E-state index contributed by atoms with van der Waals surface area (Å²) in [5, 5.41) is 3.81. The summed E-state index contributed by atoms with van der Waals surface area (Å²) in [5.41, 5.74) is 6.58. The number of sulfone groups is 1. The molecule has 2 aliphatic carbocycles. The van der Waals surface area contributed by atoms with Crippen LogP contribution in [0.4, 0.5) is 0 Å². The summed E-state index contributed by atoms with van der Waals surface area (Å²) in [6.07, 6.45) is 7.39. The predicted molar refractivity (Wildman–Crippen MR) is 93.5 cm³/mol. The summed E-state index contributed by atoms with van der Waals surface area (Å²) in [5.74, 6) is 0.930. The van der Waals surface area contributed by atoms with Crippen LogP contribution in [0, 0.1) is 0 Å². The van der Waals surface area contributed by atoms with Crippen molar-refractivity contribution in [2.75, 3.05) is 0 Å². The number of nitrogens with zero attached hydrogens (tertiary/aromatic N) is 2. The van der Waals surface area contributed by atoms with Crippen molar-refractivity contribution in [1.82, 2.24) is 10.1 Å². The fourth-order valence-corrected chi connectivity index (χ4v) is 5.81. The Balaban J connectivity index is 1.57. The van der Waals surface area contributed by atoms with Crippen LogP contribution in [0.15, 0.2) is 33.7 Å². The molecule has 0 unspecified atom stereocenters. The van der Waals surface area contributed by atoms with E-state index in [0.29, 0.717) is 22.2 Å². The number of nitrogens with two attached hydrogens (primary N) is 1. The third-order valence-electron chi connectivity index (χ3n) is 5.54. The van der Waals surface area contributed by atoms with Gasteiger partial charge in [-0.1, -0.05) is 30.8 Å². The Morgan fingerprint density at radius 2 is 1.68 bits per heavy atom. The Morgan fingerprint density at radius 3 is 2.32 bits per heavy atom. The quantitative estimate of drug-likeness (QED) is 0.898. The van der Waals surface area contributed by atoms with Crippen molar-refractivity contribution in [3.63, 3.8) is 0 Å². The van der Waals surface area contributed by atoms with E-state index in [1.54, 1.807) is 24.3 Å². The van der Waals surface area contributed by atoms with Crippen molar-refractivity contribution in [3.8, 4) is 11.5 Å². The second-order valence-corrected chi connectivity index (χ2v) is 9.49. The highest BCUT2D eigenvalue weighted by molar-refractivity contribution is 7.92. The predicted octanol–water partition coefficient (Wildman–Crippen LogP) is 3.18. The Labute approximate surface area is 147 Å². The van der Waals surface area contributed by atoms with Gasteiger partial charge in [-0.15, -0.1) is 0 Å². The largest absolute Gasteiger partial charge is 0.334 e. The minimum atomic E-state index is -3.24. The normalized spacial score (nSPS) is 21.0. The van der Waals surface area contributed by atoms with Crippen LogP contribution >= 0.6 is 0 Å². The standard InChI is InChI=1S/C18H23N3O3S/c19-18(11-3-4-12-18)17-20-16(24-21-17)13-7-9-15(10-8-13)25(22,23)14-5-1-2-6-14/h7-10,14H,1-6,11-12,19H2. The zero-order chi connectivity index (χ0) is 17.5. The zero-order valence-corrected chi connectivity index (χ0v) is 15.0. The van der Waals surface area contributed by atoms with Gasteiger partial charge in [-0.25, -0.2) is 8.42 Å². The first kappa shape index (κ1) is 16.7. The molecule has 1 aromatic carbocycles. The molecule has 134 valence electrons. The van der Waals surface area contributed by atoms with Crippen molar-refractivity contribution in [3.05, 3.63) is 30.1 Å². The molecule has 25 heavy (non-hydrogen) atoms. The molecule has 2 saturated carbocycles. The average Bonchev–Trinajstić information content (AvgIpc) is 3.36. The monoisotopic (exact) mass is 361 g/mol. The molecule has 4 rings (SSSR count). The van der Waals surface area contributed by atoms with Gasteiger partial charge >= 0.3 is 0 Å². The third kappa shape index (κ3) is 3.00. The lowest BCUT2D eigenvalue weighted by Gasteiger charge is -2.17. The van der Waals surface area contributed by atoms with Gasteiger partial charge in [-0.3, -0.25) is 0 Å². The Kier molecular flexibility index (Phi) is 4.16. The van der Waals surface area contributed by atoms with E-state index in [-0.39, 0.29) is 5.25 Å². The van der Waals surface area contributed by atoms with Gasteiger partial charge in [0, 0.05) is 5.56 Å². The van der Waals surface area contributed by atoms with E-state index in [0.717, 1.165) is 51.4 Å². The van der Waals surface area contributed by atoms with Gasteiger partial charge in [0.1, 0.15) is 0 Å². The smallest absolute Gasteiger partial charge is 0.257 e. The molecule has 2 N–H and O–H groups in total. The highest BCUT2D eigenvalue weighted by Crippen LogP contribution is 2.36. The van der Waals surface area contributed by atoms with Crippen molar-refractivity contribution < 1.29 is 12.9 Å². The summed E-state index contributed by atoms with van der Waals surface area (Å²) >= 11 is 0. The fourth-order valence-electron chi connectivity index (χ4n) is 3.95. The SMILES string of the molecule is NC1(c2noc(-c3ccc(S(=O)(=O)C4CCCC4)cc3)n2)CCCC1. The van der Waals surface area contributed by atoms with Crippen molar-refractivity contribution in [1.29, 1.82) is 0 Å². The molecule has 1 aromatic heterocycles. The molecule has 0 saturated heterocycles. The molecule has 0 aliphatic heterocycles. The van der Waals surface area contributed by atoms with E-state index in [1.165, 1.54) is 0 Å². The van der Waals surface area contributed by atoms with Crippen molar-refractivity contribution >= 4 is 9.84 Å². The first-order valence-electron chi connectivity index (χ1n) is 8.96. The molecule has 0 radical (unpaired) electrons. The minimum Gasteiger partial charge on any atom is -0.334 e. The summed E-state index contributed by atoms with van der Waals surface area (Å²) in [7, 11) is -3.24. The Hall–Kier alpha value is -1.73. The molecule has 1 heterocycles. The van der Waals surface area contributed by atoms with E-state index in [2.05, 4.69) is 10.1 Å². The van der Waals surface area contributed by atoms with Gasteiger partial charge < -0.3 is 10.3 Å². The van der Waals surface area contributed by atoms with E-state index in [4.69, 9.17) is 10.3 Å². The maximum absolute atomic E-state index is 12.6. The van der Waals surface area contributed by atoms with E-state index in [1.807, 2.05) is 0 Å². The molecule has 6 nitrogen and oxygen atoms in total. The highest BCUT2D eigenvalue weighted by Gasteiger charge is 2.36. The number of hydrogen-bond donors (Lipinski definition) is 1.